The fourth-order valence-corrected chi connectivity index (χ4v) is 2.62. The number of aromatic nitrogens is 2. The predicted octanol–water partition coefficient (Wildman–Crippen LogP) is 3.47. The summed E-state index contributed by atoms with van der Waals surface area (Å²) in [4.78, 5) is 18.4. The van der Waals surface area contributed by atoms with E-state index in [-0.39, 0.29) is 5.91 Å². The molecule has 118 valence electrons. The van der Waals surface area contributed by atoms with Crippen molar-refractivity contribution in [1.82, 2.24) is 15.0 Å². The third-order valence-electron chi connectivity index (χ3n) is 3.67. The number of rotatable bonds is 5. The summed E-state index contributed by atoms with van der Waals surface area (Å²) in [7, 11) is 1.79. The third-order valence-corrected chi connectivity index (χ3v) is 3.84. The number of benzene rings is 1. The van der Waals surface area contributed by atoms with Crippen LogP contribution in [0.3, 0.4) is 0 Å². The van der Waals surface area contributed by atoms with Crippen LogP contribution in [0.1, 0.15) is 17.7 Å². The Morgan fingerprint density at radius 1 is 1.30 bits per heavy atom. The minimum Gasteiger partial charge on any atom is -0.360 e. The number of halogens is 1. The maximum Gasteiger partial charge on any atom is 0.223 e. The van der Waals surface area contributed by atoms with E-state index in [2.05, 4.69) is 10.1 Å². The summed E-state index contributed by atoms with van der Waals surface area (Å²) in [6.07, 6.45) is 2.60. The van der Waals surface area contributed by atoms with Crippen molar-refractivity contribution in [3.8, 4) is 0 Å². The van der Waals surface area contributed by atoms with E-state index in [4.69, 9.17) is 16.1 Å². The molecule has 2 heterocycles. The lowest BCUT2D eigenvalue weighted by atomic mass is 10.1. The van der Waals surface area contributed by atoms with Crippen molar-refractivity contribution in [1.29, 1.82) is 0 Å². The summed E-state index contributed by atoms with van der Waals surface area (Å²) < 4.78 is 5.01. The van der Waals surface area contributed by atoms with Gasteiger partial charge in [0.05, 0.1) is 5.52 Å². The molecule has 0 aliphatic carbocycles. The summed E-state index contributed by atoms with van der Waals surface area (Å²) in [5, 5.41) is 4.98. The lowest BCUT2D eigenvalue weighted by Crippen LogP contribution is -2.26. The van der Waals surface area contributed by atoms with E-state index >= 15 is 0 Å². The maximum atomic E-state index is 12.3. The van der Waals surface area contributed by atoms with Gasteiger partial charge in [-0.25, -0.2) is 0 Å². The van der Waals surface area contributed by atoms with Crippen LogP contribution in [0.15, 0.2) is 47.1 Å². The summed E-state index contributed by atoms with van der Waals surface area (Å²) in [5.74, 6) is 0.647. The molecule has 3 aromatic rings. The van der Waals surface area contributed by atoms with E-state index in [9.17, 15) is 4.79 Å². The van der Waals surface area contributed by atoms with Crippen molar-refractivity contribution in [2.24, 2.45) is 0 Å². The van der Waals surface area contributed by atoms with Crippen LogP contribution in [-0.2, 0) is 17.8 Å². The molecule has 0 saturated carbocycles. The summed E-state index contributed by atoms with van der Waals surface area (Å²) in [6.45, 7) is 0.518. The zero-order valence-electron chi connectivity index (χ0n) is 12.7. The summed E-state index contributed by atoms with van der Waals surface area (Å²) in [5.41, 5.74) is 1.96. The minimum absolute atomic E-state index is 0.0328. The fraction of sp³-hybridized carbons (Fsp3) is 0.235. The van der Waals surface area contributed by atoms with Crippen LogP contribution < -0.4 is 0 Å². The van der Waals surface area contributed by atoms with E-state index in [1.54, 1.807) is 24.2 Å². The lowest BCUT2D eigenvalue weighted by molar-refractivity contribution is -0.130. The van der Waals surface area contributed by atoms with Crippen LogP contribution in [0.2, 0.25) is 5.15 Å². The Kier molecular flexibility index (Phi) is 4.57. The van der Waals surface area contributed by atoms with E-state index in [0.29, 0.717) is 30.3 Å². The number of fused-ring (bicyclic) bond motifs is 1. The number of nitrogens with zero attached hydrogens (tertiary/aromatic N) is 3. The molecule has 0 atom stereocenters. The van der Waals surface area contributed by atoms with Crippen molar-refractivity contribution in [3.63, 3.8) is 0 Å². The molecular formula is C17H16ClN3O2. The highest BCUT2D eigenvalue weighted by molar-refractivity contribution is 6.29. The third kappa shape index (κ3) is 3.68. The molecule has 0 radical (unpaired) electrons. The molecule has 0 spiro atoms. The van der Waals surface area contributed by atoms with Gasteiger partial charge in [0, 0.05) is 44.1 Å². The summed E-state index contributed by atoms with van der Waals surface area (Å²) >= 11 is 5.69. The molecule has 0 fully saturated rings. The highest BCUT2D eigenvalue weighted by Crippen LogP contribution is 2.18. The van der Waals surface area contributed by atoms with Crippen LogP contribution >= 0.6 is 11.6 Å². The molecule has 2 aromatic heterocycles. The van der Waals surface area contributed by atoms with Gasteiger partial charge in [-0.3, -0.25) is 9.78 Å². The van der Waals surface area contributed by atoms with Crippen molar-refractivity contribution < 1.29 is 9.32 Å². The second-order valence-corrected chi connectivity index (χ2v) is 5.75. The van der Waals surface area contributed by atoms with Crippen molar-refractivity contribution in [3.05, 3.63) is 59.1 Å². The molecular weight excluding hydrogens is 314 g/mol. The van der Waals surface area contributed by atoms with Gasteiger partial charge in [-0.2, -0.15) is 0 Å². The second kappa shape index (κ2) is 6.79. The minimum atomic E-state index is 0.0328. The molecule has 0 aliphatic heterocycles. The number of carbonyl (C=O) groups excluding carboxylic acids is 1. The molecule has 6 heteroatoms. The topological polar surface area (TPSA) is 59.2 Å². The maximum absolute atomic E-state index is 12.3. The quantitative estimate of drug-likeness (QED) is 0.719. The molecule has 23 heavy (non-hydrogen) atoms. The Hall–Kier alpha value is -2.40. The summed E-state index contributed by atoms with van der Waals surface area (Å²) in [6, 6.07) is 11.5. The first-order valence-electron chi connectivity index (χ1n) is 7.31. The number of amides is 1. The first kappa shape index (κ1) is 15.5. The molecule has 0 unspecified atom stereocenters. The monoisotopic (exact) mass is 329 g/mol. The van der Waals surface area contributed by atoms with Gasteiger partial charge in [0.15, 0.2) is 5.15 Å². The smallest absolute Gasteiger partial charge is 0.223 e. The predicted molar refractivity (Wildman–Crippen MR) is 88.1 cm³/mol. The van der Waals surface area contributed by atoms with Gasteiger partial charge in [0.1, 0.15) is 5.76 Å². The van der Waals surface area contributed by atoms with E-state index < -0.39 is 0 Å². The van der Waals surface area contributed by atoms with Gasteiger partial charge >= 0.3 is 0 Å². The fourth-order valence-electron chi connectivity index (χ4n) is 2.47. The molecule has 1 aromatic carbocycles. The zero-order chi connectivity index (χ0) is 16.2. The number of para-hydroxylation sites is 1. The molecule has 0 bridgehead atoms. The van der Waals surface area contributed by atoms with Crippen LogP contribution in [0.5, 0.6) is 0 Å². The number of hydrogen-bond acceptors (Lipinski definition) is 4. The Morgan fingerprint density at radius 2 is 2.13 bits per heavy atom. The van der Waals surface area contributed by atoms with Crippen molar-refractivity contribution in [2.45, 2.75) is 19.4 Å². The molecule has 5 nitrogen and oxygen atoms in total. The van der Waals surface area contributed by atoms with Crippen LogP contribution in [0.4, 0.5) is 0 Å². The van der Waals surface area contributed by atoms with E-state index in [0.717, 1.165) is 16.5 Å². The Bertz CT molecular complexity index is 826. The van der Waals surface area contributed by atoms with E-state index in [1.807, 2.05) is 30.3 Å². The first-order chi connectivity index (χ1) is 11.1. The highest BCUT2D eigenvalue weighted by Gasteiger charge is 2.13. The number of hydrogen-bond donors (Lipinski definition) is 0. The average molecular weight is 330 g/mol. The second-order valence-electron chi connectivity index (χ2n) is 5.36. The Labute approximate surface area is 138 Å². The van der Waals surface area contributed by atoms with Gasteiger partial charge in [0.2, 0.25) is 5.91 Å². The number of pyridine rings is 1. The van der Waals surface area contributed by atoms with Crippen molar-refractivity contribution >= 4 is 28.4 Å². The molecule has 3 rings (SSSR count). The first-order valence-corrected chi connectivity index (χ1v) is 7.69. The van der Waals surface area contributed by atoms with E-state index in [1.165, 1.54) is 0 Å². The zero-order valence-corrected chi connectivity index (χ0v) is 13.5. The Morgan fingerprint density at radius 3 is 2.91 bits per heavy atom. The van der Waals surface area contributed by atoms with Gasteiger partial charge in [0.25, 0.3) is 0 Å². The van der Waals surface area contributed by atoms with Gasteiger partial charge in [-0.1, -0.05) is 41.0 Å². The molecule has 0 saturated heterocycles. The van der Waals surface area contributed by atoms with Crippen molar-refractivity contribution in [2.75, 3.05) is 7.05 Å². The lowest BCUT2D eigenvalue weighted by Gasteiger charge is -2.17. The van der Waals surface area contributed by atoms with Crippen LogP contribution in [-0.4, -0.2) is 28.0 Å². The number of aryl methyl sites for hydroxylation is 1. The molecule has 1 amide bonds. The van der Waals surface area contributed by atoms with Gasteiger partial charge in [-0.05, 0) is 11.6 Å². The average Bonchev–Trinajstić information content (AvgIpc) is 2.98. The van der Waals surface area contributed by atoms with Crippen LogP contribution in [0.25, 0.3) is 10.9 Å². The van der Waals surface area contributed by atoms with Crippen LogP contribution in [0, 0.1) is 0 Å². The molecule has 0 aliphatic rings. The largest absolute Gasteiger partial charge is 0.360 e. The Balaban J connectivity index is 1.65. The highest BCUT2D eigenvalue weighted by atomic mass is 35.5. The molecule has 0 N–H and O–H groups in total. The van der Waals surface area contributed by atoms with Gasteiger partial charge in [-0.15, -0.1) is 0 Å². The SMILES string of the molecule is CN(Cc1cccc2cccnc12)C(=O)CCc1cc(Cl)no1. The standard InChI is InChI=1S/C17H16ClN3O2/c1-21(16(22)8-7-14-10-15(18)20-23-14)11-13-5-2-4-12-6-3-9-19-17(12)13/h2-6,9-10H,7-8,11H2,1H3. The number of carbonyl (C=O) groups is 1. The normalized spacial score (nSPS) is 10.9. The van der Waals surface area contributed by atoms with Gasteiger partial charge < -0.3 is 9.42 Å².